The maximum Gasteiger partial charge on any atom is 0.240 e. The van der Waals surface area contributed by atoms with Gasteiger partial charge in [-0.3, -0.25) is 9.59 Å². The zero-order valence-electron chi connectivity index (χ0n) is 20.1. The minimum atomic E-state index is -1.69. The summed E-state index contributed by atoms with van der Waals surface area (Å²) in [4.78, 5) is 29.4. The third kappa shape index (κ3) is 3.44. The number of nitrogens with two attached hydrogens (primary N) is 1. The monoisotopic (exact) mass is 483 g/mol. The lowest BCUT2D eigenvalue weighted by Crippen LogP contribution is -2.50. The molecule has 2 aliphatic heterocycles. The molecular weight excluding hydrogens is 457 g/mol. The molecule has 0 saturated carbocycles. The first kappa shape index (κ1) is 23.6. The van der Waals surface area contributed by atoms with Crippen molar-refractivity contribution in [3.05, 3.63) is 94.8 Å². The Morgan fingerprint density at radius 3 is 2.56 bits per heavy atom. The number of hydrogen-bond donors (Lipinski definition) is 1. The molecule has 0 aromatic heterocycles. The van der Waals surface area contributed by atoms with Gasteiger partial charge in [0, 0.05) is 17.2 Å². The van der Waals surface area contributed by atoms with Gasteiger partial charge in [-0.05, 0) is 61.2 Å². The number of anilines is 1. The predicted octanol–water partition coefficient (Wildman–Crippen LogP) is 4.31. The van der Waals surface area contributed by atoms with E-state index in [1.165, 1.54) is 31.4 Å². The summed E-state index contributed by atoms with van der Waals surface area (Å²) in [5.41, 5.74) is 8.15. The maximum atomic E-state index is 14.3. The number of halogens is 1. The van der Waals surface area contributed by atoms with Gasteiger partial charge in [0.05, 0.1) is 19.2 Å². The molecule has 2 aliphatic rings. The summed E-state index contributed by atoms with van der Waals surface area (Å²) in [6, 6.07) is 19.1. The topological polar surface area (TPSA) is 96.4 Å². The molecule has 0 bridgehead atoms. The second-order valence-corrected chi connectivity index (χ2v) is 9.51. The lowest BCUT2D eigenvalue weighted by molar-refractivity contribution is -0.125. The van der Waals surface area contributed by atoms with E-state index in [-0.39, 0.29) is 5.78 Å². The van der Waals surface area contributed by atoms with Gasteiger partial charge in [0.1, 0.15) is 17.6 Å². The molecule has 0 radical (unpaired) electrons. The van der Waals surface area contributed by atoms with Crippen molar-refractivity contribution in [1.82, 2.24) is 0 Å². The quantitative estimate of drug-likeness (QED) is 0.546. The molecular formula is C29H26FN3O3. The van der Waals surface area contributed by atoms with Crippen LogP contribution in [-0.4, -0.2) is 30.9 Å². The highest BCUT2D eigenvalue weighted by molar-refractivity contribution is 6.06. The van der Waals surface area contributed by atoms with Crippen molar-refractivity contribution >= 4 is 17.4 Å². The summed E-state index contributed by atoms with van der Waals surface area (Å²) in [5.74, 6) is -1.89. The molecule has 2 N–H and O–H groups in total. The summed E-state index contributed by atoms with van der Waals surface area (Å²) in [5, 5.41) is 10.6. The van der Waals surface area contributed by atoms with Gasteiger partial charge >= 0.3 is 0 Å². The molecule has 5 rings (SSSR count). The smallest absolute Gasteiger partial charge is 0.240 e. The second kappa shape index (κ2) is 8.80. The molecule has 3 aromatic rings. The lowest BCUT2D eigenvalue weighted by Gasteiger charge is -2.39. The van der Waals surface area contributed by atoms with Gasteiger partial charge in [0.2, 0.25) is 5.91 Å². The summed E-state index contributed by atoms with van der Waals surface area (Å²) in [7, 11) is 1.52. The number of ether oxygens (including phenoxy) is 1. The normalized spacial score (nSPS) is 24.4. The fraction of sp³-hybridized carbons (Fsp3) is 0.276. The average molecular weight is 484 g/mol. The summed E-state index contributed by atoms with van der Waals surface area (Å²) in [6.07, 6.45) is 1.12. The zero-order valence-corrected chi connectivity index (χ0v) is 20.1. The largest absolute Gasteiger partial charge is 0.497 e. The Bertz CT molecular complexity index is 1400. The maximum absolute atomic E-state index is 14.3. The van der Waals surface area contributed by atoms with Crippen LogP contribution in [0.25, 0.3) is 0 Å². The number of hydrogen-bond acceptors (Lipinski definition) is 5. The number of Topliss-reactive ketones (excluding diaryl/α,β-unsaturated/α-hetero) is 1. The third-order valence-corrected chi connectivity index (χ3v) is 7.61. The molecule has 1 fully saturated rings. The van der Waals surface area contributed by atoms with E-state index >= 15 is 0 Å². The highest BCUT2D eigenvalue weighted by Crippen LogP contribution is 2.56. The Balaban J connectivity index is 1.79. The first-order valence-corrected chi connectivity index (χ1v) is 11.8. The molecule has 2 heterocycles. The van der Waals surface area contributed by atoms with Crippen LogP contribution < -0.4 is 15.4 Å². The van der Waals surface area contributed by atoms with Crippen molar-refractivity contribution in [3.8, 4) is 11.8 Å². The Hall–Kier alpha value is -4.18. The number of rotatable bonds is 5. The highest BCUT2D eigenvalue weighted by Gasteiger charge is 2.66. The number of amides is 1. The predicted molar refractivity (Wildman–Crippen MR) is 133 cm³/mol. The Labute approximate surface area is 209 Å². The number of ketones is 1. The van der Waals surface area contributed by atoms with Crippen LogP contribution >= 0.6 is 0 Å². The van der Waals surface area contributed by atoms with Crippen molar-refractivity contribution in [1.29, 1.82) is 5.26 Å². The molecule has 1 amide bonds. The van der Waals surface area contributed by atoms with Gasteiger partial charge in [-0.15, -0.1) is 0 Å². The average Bonchev–Trinajstić information content (AvgIpc) is 3.20. The fourth-order valence-electron chi connectivity index (χ4n) is 6.03. The zero-order chi connectivity index (χ0) is 25.6. The number of aryl methyl sites for hydroxylation is 2. The van der Waals surface area contributed by atoms with Crippen LogP contribution in [0.3, 0.4) is 0 Å². The van der Waals surface area contributed by atoms with Crippen molar-refractivity contribution in [2.45, 2.75) is 37.8 Å². The van der Waals surface area contributed by atoms with Crippen LogP contribution in [0.15, 0.2) is 66.7 Å². The Morgan fingerprint density at radius 2 is 1.89 bits per heavy atom. The fourth-order valence-corrected chi connectivity index (χ4v) is 6.03. The SMILES string of the molecule is COc1cccc(C(=O)[C@@H]2[C@@H](c3ccc(F)cc3)[C@](C#N)(C(N)=O)[C@H]3CCc4cc(C)ccc4N23)c1. The third-order valence-electron chi connectivity index (χ3n) is 7.61. The van der Waals surface area contributed by atoms with Crippen molar-refractivity contribution in [2.75, 3.05) is 12.0 Å². The summed E-state index contributed by atoms with van der Waals surface area (Å²) >= 11 is 0. The van der Waals surface area contributed by atoms with Gasteiger partial charge in [0.25, 0.3) is 0 Å². The van der Waals surface area contributed by atoms with Crippen molar-refractivity contribution in [3.63, 3.8) is 0 Å². The number of benzene rings is 3. The first-order chi connectivity index (χ1) is 17.3. The van der Waals surface area contributed by atoms with E-state index in [2.05, 4.69) is 12.1 Å². The van der Waals surface area contributed by atoms with Crippen LogP contribution in [0.2, 0.25) is 0 Å². The van der Waals surface area contributed by atoms with E-state index in [1.54, 1.807) is 24.3 Å². The van der Waals surface area contributed by atoms with E-state index in [4.69, 9.17) is 10.5 Å². The Kier molecular flexibility index (Phi) is 5.76. The van der Waals surface area contributed by atoms with Crippen LogP contribution in [0, 0.1) is 29.5 Å². The molecule has 1 saturated heterocycles. The van der Waals surface area contributed by atoms with Crippen molar-refractivity contribution in [2.24, 2.45) is 11.1 Å². The van der Waals surface area contributed by atoms with E-state index in [0.717, 1.165) is 16.8 Å². The van der Waals surface area contributed by atoms with Crippen molar-refractivity contribution < 1.29 is 18.7 Å². The molecule has 0 unspecified atom stereocenters. The minimum Gasteiger partial charge on any atom is -0.497 e. The summed E-state index contributed by atoms with van der Waals surface area (Å²) in [6.45, 7) is 2.00. The minimum absolute atomic E-state index is 0.264. The lowest BCUT2D eigenvalue weighted by atomic mass is 9.66. The molecule has 6 nitrogen and oxygen atoms in total. The van der Waals surface area contributed by atoms with Gasteiger partial charge in [-0.2, -0.15) is 5.26 Å². The van der Waals surface area contributed by atoms with E-state index < -0.39 is 35.1 Å². The van der Waals surface area contributed by atoms with E-state index in [9.17, 15) is 19.2 Å². The molecule has 36 heavy (non-hydrogen) atoms. The number of primary amides is 1. The second-order valence-electron chi connectivity index (χ2n) is 9.51. The standard InChI is InChI=1S/C29H26FN3O3/c1-17-6-12-23-19(14-17)9-13-24-29(16-31,28(32)35)25(18-7-10-21(30)11-8-18)26(33(23)24)27(34)20-4-3-5-22(15-20)36-2/h3-8,10-12,14-15,24-26H,9,13H2,1-2H3,(H2,32,35)/t24-,25-,26+,29-/m1/s1. The van der Waals surface area contributed by atoms with Crippen LogP contribution in [0.1, 0.15) is 39.4 Å². The molecule has 182 valence electrons. The number of carbonyl (C=O) groups is 2. The molecule has 4 atom stereocenters. The van der Waals surface area contributed by atoms with E-state index in [1.807, 2.05) is 24.0 Å². The van der Waals surface area contributed by atoms with E-state index in [0.29, 0.717) is 29.7 Å². The number of nitriles is 1. The number of methoxy groups -OCH3 is 1. The van der Waals surface area contributed by atoms with Gasteiger partial charge in [-0.1, -0.05) is 42.0 Å². The first-order valence-electron chi connectivity index (χ1n) is 11.8. The summed E-state index contributed by atoms with van der Waals surface area (Å²) < 4.78 is 19.2. The molecule has 3 aromatic carbocycles. The Morgan fingerprint density at radius 1 is 1.14 bits per heavy atom. The number of nitrogens with zero attached hydrogens (tertiary/aromatic N) is 2. The van der Waals surface area contributed by atoms with Gasteiger partial charge < -0.3 is 15.4 Å². The van der Waals surface area contributed by atoms with Crippen LogP contribution in [0.5, 0.6) is 5.75 Å². The van der Waals surface area contributed by atoms with Crippen LogP contribution in [-0.2, 0) is 11.2 Å². The number of carbonyl (C=O) groups excluding carboxylic acids is 2. The van der Waals surface area contributed by atoms with Gasteiger partial charge in [0.15, 0.2) is 11.2 Å². The number of fused-ring (bicyclic) bond motifs is 3. The van der Waals surface area contributed by atoms with Gasteiger partial charge in [-0.25, -0.2) is 4.39 Å². The highest BCUT2D eigenvalue weighted by atomic mass is 19.1. The molecule has 0 aliphatic carbocycles. The van der Waals surface area contributed by atoms with Crippen LogP contribution in [0.4, 0.5) is 10.1 Å². The molecule has 0 spiro atoms. The molecule has 7 heteroatoms.